The SMILES string of the molecule is COC(=O)c1ccc2nc(Cc3cccc(Cl)c3)nn2c1. The van der Waals surface area contributed by atoms with Crippen LogP contribution in [0.1, 0.15) is 21.7 Å². The van der Waals surface area contributed by atoms with E-state index in [0.29, 0.717) is 28.5 Å². The van der Waals surface area contributed by atoms with Crippen molar-refractivity contribution >= 4 is 23.2 Å². The highest BCUT2D eigenvalue weighted by atomic mass is 35.5. The van der Waals surface area contributed by atoms with Gasteiger partial charge in [-0.25, -0.2) is 14.3 Å². The predicted octanol–water partition coefficient (Wildman–Crippen LogP) is 2.76. The van der Waals surface area contributed by atoms with Crippen LogP contribution < -0.4 is 0 Å². The second kappa shape index (κ2) is 5.54. The number of nitrogens with zero attached hydrogens (tertiary/aromatic N) is 3. The standard InChI is InChI=1S/C15H12ClN3O2/c1-21-15(20)11-5-6-14-17-13(18-19(14)9-11)8-10-3-2-4-12(16)7-10/h2-7,9H,8H2,1H3. The number of halogens is 1. The molecule has 0 aliphatic heterocycles. The highest BCUT2D eigenvalue weighted by Gasteiger charge is 2.09. The van der Waals surface area contributed by atoms with Gasteiger partial charge in [0.25, 0.3) is 0 Å². The molecule has 0 spiro atoms. The molecule has 0 bridgehead atoms. The van der Waals surface area contributed by atoms with Gasteiger partial charge in [0.1, 0.15) is 0 Å². The molecule has 6 heteroatoms. The van der Waals surface area contributed by atoms with E-state index in [9.17, 15) is 4.79 Å². The van der Waals surface area contributed by atoms with Crippen LogP contribution >= 0.6 is 11.6 Å². The summed E-state index contributed by atoms with van der Waals surface area (Å²) in [6, 6.07) is 11.0. The lowest BCUT2D eigenvalue weighted by Gasteiger charge is -1.98. The number of fused-ring (bicyclic) bond motifs is 1. The predicted molar refractivity (Wildman–Crippen MR) is 78.6 cm³/mol. The number of carbonyl (C=O) groups is 1. The van der Waals surface area contributed by atoms with Crippen LogP contribution in [0.25, 0.3) is 5.65 Å². The van der Waals surface area contributed by atoms with Crippen LogP contribution in [0.15, 0.2) is 42.6 Å². The lowest BCUT2D eigenvalue weighted by atomic mass is 10.1. The summed E-state index contributed by atoms with van der Waals surface area (Å²) in [5, 5.41) is 5.05. The Bertz CT molecular complexity index is 814. The van der Waals surface area contributed by atoms with Crippen molar-refractivity contribution in [3.05, 3.63) is 64.6 Å². The highest BCUT2D eigenvalue weighted by molar-refractivity contribution is 6.30. The Morgan fingerprint density at radius 3 is 2.95 bits per heavy atom. The minimum absolute atomic E-state index is 0.399. The fourth-order valence-electron chi connectivity index (χ4n) is 2.07. The fraction of sp³-hybridized carbons (Fsp3) is 0.133. The van der Waals surface area contributed by atoms with Gasteiger partial charge in [0.05, 0.1) is 12.7 Å². The summed E-state index contributed by atoms with van der Waals surface area (Å²) in [5.41, 5.74) is 2.15. The molecule has 0 amide bonds. The van der Waals surface area contributed by atoms with E-state index in [1.165, 1.54) is 7.11 Å². The van der Waals surface area contributed by atoms with Gasteiger partial charge in [-0.05, 0) is 29.8 Å². The zero-order chi connectivity index (χ0) is 14.8. The Morgan fingerprint density at radius 2 is 2.19 bits per heavy atom. The van der Waals surface area contributed by atoms with E-state index in [1.807, 2.05) is 24.3 Å². The molecule has 0 saturated carbocycles. The Kier molecular flexibility index (Phi) is 3.58. The molecule has 106 valence electrons. The highest BCUT2D eigenvalue weighted by Crippen LogP contribution is 2.14. The van der Waals surface area contributed by atoms with Crippen LogP contribution in [-0.4, -0.2) is 27.7 Å². The number of ether oxygens (including phenoxy) is 1. The van der Waals surface area contributed by atoms with E-state index in [4.69, 9.17) is 11.6 Å². The third kappa shape index (κ3) is 2.87. The molecule has 0 aliphatic carbocycles. The zero-order valence-corrected chi connectivity index (χ0v) is 12.0. The van der Waals surface area contributed by atoms with Gasteiger partial charge in [0, 0.05) is 17.6 Å². The van der Waals surface area contributed by atoms with E-state index in [0.717, 1.165) is 5.56 Å². The largest absolute Gasteiger partial charge is 0.465 e. The maximum atomic E-state index is 11.5. The summed E-state index contributed by atoms with van der Waals surface area (Å²) in [6.45, 7) is 0. The van der Waals surface area contributed by atoms with E-state index in [2.05, 4.69) is 14.8 Å². The molecule has 0 N–H and O–H groups in total. The third-order valence-electron chi connectivity index (χ3n) is 3.05. The summed E-state index contributed by atoms with van der Waals surface area (Å²) < 4.78 is 6.26. The van der Waals surface area contributed by atoms with Gasteiger partial charge in [-0.2, -0.15) is 5.10 Å². The van der Waals surface area contributed by atoms with Crippen LogP contribution in [-0.2, 0) is 11.2 Å². The second-order valence-electron chi connectivity index (χ2n) is 4.55. The number of esters is 1. The first kappa shape index (κ1) is 13.6. The van der Waals surface area contributed by atoms with Crippen molar-refractivity contribution in [1.29, 1.82) is 0 Å². The van der Waals surface area contributed by atoms with Gasteiger partial charge >= 0.3 is 5.97 Å². The van der Waals surface area contributed by atoms with E-state index in [-0.39, 0.29) is 0 Å². The van der Waals surface area contributed by atoms with Gasteiger partial charge < -0.3 is 4.74 Å². The van der Waals surface area contributed by atoms with Gasteiger partial charge in [-0.1, -0.05) is 23.7 Å². The summed E-state index contributed by atoms with van der Waals surface area (Å²) in [4.78, 5) is 15.9. The molecule has 0 radical (unpaired) electrons. The number of pyridine rings is 1. The number of rotatable bonds is 3. The van der Waals surface area contributed by atoms with E-state index >= 15 is 0 Å². The monoisotopic (exact) mass is 301 g/mol. The van der Waals surface area contributed by atoms with E-state index < -0.39 is 5.97 Å². The first-order chi connectivity index (χ1) is 10.2. The molecule has 0 saturated heterocycles. The molecule has 0 aliphatic rings. The normalized spacial score (nSPS) is 10.8. The summed E-state index contributed by atoms with van der Waals surface area (Å²) in [6.07, 6.45) is 2.19. The minimum Gasteiger partial charge on any atom is -0.465 e. The third-order valence-corrected chi connectivity index (χ3v) is 3.28. The van der Waals surface area contributed by atoms with Crippen LogP contribution in [0, 0.1) is 0 Å². The molecule has 2 aromatic heterocycles. The number of methoxy groups -OCH3 is 1. The molecular weight excluding hydrogens is 290 g/mol. The van der Waals surface area contributed by atoms with Crippen LogP contribution in [0.3, 0.4) is 0 Å². The van der Waals surface area contributed by atoms with E-state index in [1.54, 1.807) is 22.8 Å². The minimum atomic E-state index is -0.399. The molecular formula is C15H12ClN3O2. The Morgan fingerprint density at radius 1 is 1.33 bits per heavy atom. The number of benzene rings is 1. The molecule has 3 rings (SSSR count). The number of aromatic nitrogens is 3. The topological polar surface area (TPSA) is 56.5 Å². The lowest BCUT2D eigenvalue weighted by molar-refractivity contribution is 0.0600. The second-order valence-corrected chi connectivity index (χ2v) is 4.98. The number of hydrogen-bond acceptors (Lipinski definition) is 4. The Balaban J connectivity index is 1.92. The maximum absolute atomic E-state index is 11.5. The molecule has 21 heavy (non-hydrogen) atoms. The summed E-state index contributed by atoms with van der Waals surface area (Å²) in [5.74, 6) is 0.267. The van der Waals surface area contributed by atoms with Gasteiger partial charge in [0.15, 0.2) is 11.5 Å². The molecule has 0 atom stereocenters. The molecule has 5 nitrogen and oxygen atoms in total. The van der Waals surface area contributed by atoms with Gasteiger partial charge in [-0.3, -0.25) is 0 Å². The van der Waals surface area contributed by atoms with Gasteiger partial charge in [-0.15, -0.1) is 0 Å². The Labute approximate surface area is 126 Å². The summed E-state index contributed by atoms with van der Waals surface area (Å²) >= 11 is 5.96. The van der Waals surface area contributed by atoms with Crippen molar-refractivity contribution in [2.24, 2.45) is 0 Å². The van der Waals surface area contributed by atoms with Crippen molar-refractivity contribution in [1.82, 2.24) is 14.6 Å². The maximum Gasteiger partial charge on any atom is 0.339 e. The molecule has 2 heterocycles. The molecule has 1 aromatic carbocycles. The average Bonchev–Trinajstić information content (AvgIpc) is 2.87. The van der Waals surface area contributed by atoms with Crippen molar-refractivity contribution in [3.63, 3.8) is 0 Å². The van der Waals surface area contributed by atoms with Crippen LogP contribution in [0.2, 0.25) is 5.02 Å². The average molecular weight is 302 g/mol. The van der Waals surface area contributed by atoms with Crippen molar-refractivity contribution in [2.75, 3.05) is 7.11 Å². The van der Waals surface area contributed by atoms with Crippen LogP contribution in [0.5, 0.6) is 0 Å². The quantitative estimate of drug-likeness (QED) is 0.698. The van der Waals surface area contributed by atoms with Crippen LogP contribution in [0.4, 0.5) is 0 Å². The van der Waals surface area contributed by atoms with Crippen molar-refractivity contribution in [3.8, 4) is 0 Å². The van der Waals surface area contributed by atoms with Gasteiger partial charge in [0.2, 0.25) is 0 Å². The first-order valence-corrected chi connectivity index (χ1v) is 6.71. The van der Waals surface area contributed by atoms with Crippen molar-refractivity contribution < 1.29 is 9.53 Å². The smallest absolute Gasteiger partial charge is 0.339 e. The first-order valence-electron chi connectivity index (χ1n) is 6.34. The molecule has 0 unspecified atom stereocenters. The Hall–Kier alpha value is -2.40. The zero-order valence-electron chi connectivity index (χ0n) is 11.3. The lowest BCUT2D eigenvalue weighted by Crippen LogP contribution is -2.03. The molecule has 3 aromatic rings. The number of hydrogen-bond donors (Lipinski definition) is 0. The van der Waals surface area contributed by atoms with Crippen molar-refractivity contribution in [2.45, 2.75) is 6.42 Å². The summed E-state index contributed by atoms with van der Waals surface area (Å²) in [7, 11) is 1.35. The molecule has 0 fully saturated rings. The number of carbonyl (C=O) groups excluding carboxylic acids is 1. The fourth-order valence-corrected chi connectivity index (χ4v) is 2.29.